The Labute approximate surface area is 210 Å². The van der Waals surface area contributed by atoms with Crippen LogP contribution < -0.4 is 10.5 Å². The van der Waals surface area contributed by atoms with Crippen LogP contribution in [0, 0.1) is 5.82 Å². The lowest BCUT2D eigenvalue weighted by molar-refractivity contribution is 0.0771. The minimum atomic E-state index is -0.793. The number of thiazole rings is 1. The Balaban J connectivity index is 1.64. The van der Waals surface area contributed by atoms with Crippen LogP contribution in [0.4, 0.5) is 14.3 Å². The fourth-order valence-corrected chi connectivity index (χ4v) is 5.29. The van der Waals surface area contributed by atoms with Gasteiger partial charge in [0.2, 0.25) is 0 Å². The first-order valence-electron chi connectivity index (χ1n) is 10.2. The normalized spacial score (nSPS) is 13.9. The molecule has 0 atom stereocenters. The van der Waals surface area contributed by atoms with E-state index in [1.165, 1.54) is 18.2 Å². The predicted octanol–water partition coefficient (Wildman–Crippen LogP) is 3.97. The zero-order valence-corrected chi connectivity index (χ0v) is 20.0. The number of carbonyl (C=O) groups is 2. The summed E-state index contributed by atoms with van der Waals surface area (Å²) >= 11 is 14.3. The predicted molar refractivity (Wildman–Crippen MR) is 127 cm³/mol. The lowest BCUT2D eigenvalue weighted by Crippen LogP contribution is -2.43. The molecule has 0 saturated carbocycles. The molecule has 0 aliphatic carbocycles. The molecule has 35 heavy (non-hydrogen) atoms. The van der Waals surface area contributed by atoms with Crippen molar-refractivity contribution in [1.82, 2.24) is 24.6 Å². The number of amides is 2. The second-order valence-corrected chi connectivity index (χ2v) is 9.25. The molecule has 0 spiro atoms. The first-order chi connectivity index (χ1) is 16.8. The van der Waals surface area contributed by atoms with Crippen LogP contribution in [0.2, 0.25) is 10.0 Å². The van der Waals surface area contributed by atoms with Crippen LogP contribution in [-0.2, 0) is 6.61 Å². The maximum atomic E-state index is 14.3. The number of rotatable bonds is 2. The molecule has 1 aliphatic rings. The van der Waals surface area contributed by atoms with E-state index < -0.39 is 24.4 Å². The standard InChI is InChI=1S/C21H15Cl2FN6O4S/c22-11-6-10-17(15(23)14(11)9-2-3-12(24)18-16(9)28-20(25)35-18)34-5-1-4-29(19(10)32)21(33)30-13(7-31)26-8-27-30/h2-3,6,8,31H,1,4-5,7H2,(H2,25,28). The van der Waals surface area contributed by atoms with Gasteiger partial charge in [-0.25, -0.2) is 19.2 Å². The highest BCUT2D eigenvalue weighted by Crippen LogP contribution is 2.46. The number of halogens is 3. The van der Waals surface area contributed by atoms with Crippen molar-refractivity contribution in [2.24, 2.45) is 0 Å². The van der Waals surface area contributed by atoms with Crippen molar-refractivity contribution in [2.45, 2.75) is 13.0 Å². The van der Waals surface area contributed by atoms with E-state index in [-0.39, 0.29) is 61.2 Å². The average molecular weight is 537 g/mol. The number of nitrogens with two attached hydrogens (primary N) is 1. The zero-order valence-electron chi connectivity index (χ0n) is 17.7. The number of aliphatic hydroxyl groups excluding tert-OH is 1. The minimum Gasteiger partial charge on any atom is -0.491 e. The molecule has 180 valence electrons. The van der Waals surface area contributed by atoms with Crippen molar-refractivity contribution in [1.29, 1.82) is 0 Å². The maximum Gasteiger partial charge on any atom is 0.353 e. The van der Waals surface area contributed by atoms with Crippen molar-refractivity contribution in [3.05, 3.63) is 51.8 Å². The van der Waals surface area contributed by atoms with E-state index in [9.17, 15) is 19.1 Å². The van der Waals surface area contributed by atoms with E-state index in [0.29, 0.717) is 12.0 Å². The molecule has 14 heteroatoms. The van der Waals surface area contributed by atoms with E-state index in [2.05, 4.69) is 15.1 Å². The van der Waals surface area contributed by atoms with Gasteiger partial charge in [-0.2, -0.15) is 9.78 Å². The molecule has 1 aliphatic heterocycles. The van der Waals surface area contributed by atoms with Crippen LogP contribution in [0.3, 0.4) is 0 Å². The Hall–Kier alpha value is -3.32. The van der Waals surface area contributed by atoms with E-state index in [1.807, 2.05) is 0 Å². The Bertz CT molecular complexity index is 1510. The second-order valence-electron chi connectivity index (χ2n) is 7.44. The molecule has 2 amide bonds. The van der Waals surface area contributed by atoms with Crippen molar-refractivity contribution in [2.75, 3.05) is 18.9 Å². The number of carbonyl (C=O) groups excluding carboxylic acids is 2. The topological polar surface area (TPSA) is 136 Å². The third-order valence-corrected chi connectivity index (χ3v) is 6.93. The molecule has 5 rings (SSSR count). The summed E-state index contributed by atoms with van der Waals surface area (Å²) in [6.07, 6.45) is 1.40. The van der Waals surface area contributed by atoms with Gasteiger partial charge in [-0.05, 0) is 24.6 Å². The summed E-state index contributed by atoms with van der Waals surface area (Å²) in [5.74, 6) is -1.21. The molecule has 4 aromatic rings. The monoisotopic (exact) mass is 536 g/mol. The highest BCUT2D eigenvalue weighted by Gasteiger charge is 2.33. The van der Waals surface area contributed by atoms with Gasteiger partial charge >= 0.3 is 6.03 Å². The van der Waals surface area contributed by atoms with Gasteiger partial charge in [-0.1, -0.05) is 34.5 Å². The van der Waals surface area contributed by atoms with Crippen LogP contribution in [0.15, 0.2) is 24.5 Å². The summed E-state index contributed by atoms with van der Waals surface area (Å²) in [6.45, 7) is -0.380. The number of aliphatic hydroxyl groups is 1. The largest absolute Gasteiger partial charge is 0.491 e. The number of nitrogens with zero attached hydrogens (tertiary/aromatic N) is 5. The molecule has 2 aromatic heterocycles. The molecule has 0 fully saturated rings. The number of ether oxygens (including phenoxy) is 1. The number of anilines is 1. The molecule has 10 nitrogen and oxygen atoms in total. The van der Waals surface area contributed by atoms with Crippen LogP contribution in [0.25, 0.3) is 21.3 Å². The molecule has 3 N–H and O–H groups in total. The average Bonchev–Trinajstić information content (AvgIpc) is 3.46. The summed E-state index contributed by atoms with van der Waals surface area (Å²) < 4.78 is 21.2. The van der Waals surface area contributed by atoms with Crippen molar-refractivity contribution in [3.8, 4) is 16.9 Å². The molecule has 2 aromatic carbocycles. The van der Waals surface area contributed by atoms with Gasteiger partial charge in [0, 0.05) is 17.7 Å². The Kier molecular flexibility index (Phi) is 6.05. The molecular formula is C21H15Cl2FN6O4S. The van der Waals surface area contributed by atoms with Crippen LogP contribution in [0.1, 0.15) is 22.6 Å². The smallest absolute Gasteiger partial charge is 0.353 e. The van der Waals surface area contributed by atoms with Gasteiger partial charge in [0.05, 0.1) is 32.4 Å². The summed E-state index contributed by atoms with van der Waals surface area (Å²) in [6, 6.07) is 3.27. The van der Waals surface area contributed by atoms with E-state index in [4.69, 9.17) is 33.7 Å². The summed E-state index contributed by atoms with van der Waals surface area (Å²) in [5, 5.41) is 13.5. The van der Waals surface area contributed by atoms with Crippen molar-refractivity contribution >= 4 is 61.8 Å². The minimum absolute atomic E-state index is 0.00596. The van der Waals surface area contributed by atoms with Crippen LogP contribution in [0.5, 0.6) is 5.75 Å². The van der Waals surface area contributed by atoms with Gasteiger partial charge in [0.1, 0.15) is 18.8 Å². The van der Waals surface area contributed by atoms with Gasteiger partial charge < -0.3 is 15.6 Å². The highest BCUT2D eigenvalue weighted by molar-refractivity contribution is 7.22. The van der Waals surface area contributed by atoms with Gasteiger partial charge in [0.15, 0.2) is 16.7 Å². The first-order valence-corrected chi connectivity index (χ1v) is 11.7. The number of hydrogen-bond acceptors (Lipinski definition) is 9. The Morgan fingerprint density at radius 1 is 1.31 bits per heavy atom. The SMILES string of the molecule is Nc1nc2c(-c3c(Cl)cc4c(c3Cl)OCCCN(C(=O)n3ncnc3CO)C4=O)ccc(F)c2s1. The summed E-state index contributed by atoms with van der Waals surface area (Å²) in [5.41, 5.74) is 6.72. The van der Waals surface area contributed by atoms with Gasteiger partial charge in [-0.15, -0.1) is 0 Å². The van der Waals surface area contributed by atoms with Crippen LogP contribution >= 0.6 is 34.5 Å². The quantitative estimate of drug-likeness (QED) is 0.392. The molecule has 3 heterocycles. The van der Waals surface area contributed by atoms with Crippen molar-refractivity contribution in [3.63, 3.8) is 0 Å². The molecule has 0 radical (unpaired) electrons. The molecular weight excluding hydrogens is 522 g/mol. The molecule has 0 saturated heterocycles. The van der Waals surface area contributed by atoms with Crippen LogP contribution in [-0.4, -0.2) is 54.8 Å². The molecule has 0 unspecified atom stereocenters. The van der Waals surface area contributed by atoms with Gasteiger partial charge in [0.25, 0.3) is 5.91 Å². The summed E-state index contributed by atoms with van der Waals surface area (Å²) in [4.78, 5) is 35.5. The van der Waals surface area contributed by atoms with E-state index in [1.54, 1.807) is 0 Å². The van der Waals surface area contributed by atoms with Crippen molar-refractivity contribution < 1.29 is 23.8 Å². The highest BCUT2D eigenvalue weighted by atomic mass is 35.5. The lowest BCUT2D eigenvalue weighted by atomic mass is 10.0. The maximum absolute atomic E-state index is 14.3. The number of aromatic nitrogens is 4. The number of fused-ring (bicyclic) bond motifs is 2. The first kappa shape index (κ1) is 23.4. The number of nitrogen functional groups attached to an aromatic ring is 1. The fourth-order valence-electron chi connectivity index (χ4n) is 3.82. The number of imide groups is 1. The molecule has 0 bridgehead atoms. The Morgan fingerprint density at radius 3 is 2.89 bits per heavy atom. The number of benzene rings is 2. The summed E-state index contributed by atoms with van der Waals surface area (Å²) in [7, 11) is 0. The van der Waals surface area contributed by atoms with E-state index >= 15 is 0 Å². The van der Waals surface area contributed by atoms with Gasteiger partial charge in [-0.3, -0.25) is 9.69 Å². The lowest BCUT2D eigenvalue weighted by Gasteiger charge is -2.26. The number of hydrogen-bond donors (Lipinski definition) is 2. The third kappa shape index (κ3) is 3.88. The Morgan fingerprint density at radius 2 is 2.11 bits per heavy atom. The third-order valence-electron chi connectivity index (χ3n) is 5.37. The zero-order chi connectivity index (χ0) is 24.9. The fraction of sp³-hybridized carbons (Fsp3) is 0.190. The van der Waals surface area contributed by atoms with E-state index in [0.717, 1.165) is 27.2 Å². The second kappa shape index (κ2) is 9.04.